The Kier molecular flexibility index (Phi) is 3.56. The second-order valence-corrected chi connectivity index (χ2v) is 3.97. The molecule has 2 aromatic rings. The summed E-state index contributed by atoms with van der Waals surface area (Å²) in [4.78, 5) is -0.905. The van der Waals surface area contributed by atoms with Crippen molar-refractivity contribution in [1.82, 2.24) is 0 Å². The van der Waals surface area contributed by atoms with Gasteiger partial charge in [0.15, 0.2) is 23.3 Å². The average Bonchev–Trinajstić information content (AvgIpc) is 2.41. The van der Waals surface area contributed by atoms with Crippen molar-refractivity contribution in [2.24, 2.45) is 0 Å². The third-order valence-corrected chi connectivity index (χ3v) is 2.90. The molecular formula is C12H5F5S. The van der Waals surface area contributed by atoms with Gasteiger partial charge in [-0.3, -0.25) is 0 Å². The van der Waals surface area contributed by atoms with Gasteiger partial charge >= 0.3 is 0 Å². The molecule has 2 rings (SSSR count). The molecule has 0 unspecified atom stereocenters. The molecule has 0 N–H and O–H groups in total. The molecule has 0 atom stereocenters. The second kappa shape index (κ2) is 4.97. The van der Waals surface area contributed by atoms with Crippen LogP contribution in [0.15, 0.2) is 35.2 Å². The van der Waals surface area contributed by atoms with Crippen molar-refractivity contribution in [2.75, 3.05) is 0 Å². The summed E-state index contributed by atoms with van der Waals surface area (Å²) in [5.41, 5.74) is -0.563. The van der Waals surface area contributed by atoms with E-state index in [2.05, 4.69) is 0 Å². The van der Waals surface area contributed by atoms with Crippen LogP contribution in [0.5, 0.6) is 0 Å². The predicted octanol–water partition coefficient (Wildman–Crippen LogP) is 4.89. The van der Waals surface area contributed by atoms with Crippen molar-refractivity contribution < 1.29 is 21.4 Å². The minimum atomic E-state index is -2.02. The Labute approximate surface area is 104 Å². The summed E-state index contributed by atoms with van der Waals surface area (Å²) in [6.07, 6.45) is 0. The minimum Gasteiger partial charge on any atom is -0.203 e. The molecule has 0 nitrogen and oxygen atoms in total. The number of hydrogen-bond acceptors (Lipinski definition) is 1. The summed E-state index contributed by atoms with van der Waals surface area (Å²) in [6.45, 7) is 0. The van der Waals surface area contributed by atoms with Gasteiger partial charge < -0.3 is 0 Å². The van der Waals surface area contributed by atoms with Crippen molar-refractivity contribution >= 4 is 12.1 Å². The fraction of sp³-hybridized carbons (Fsp3) is 0. The normalized spacial score (nSPS) is 10.7. The van der Waals surface area contributed by atoms with E-state index in [4.69, 9.17) is 0 Å². The Morgan fingerprint density at radius 3 is 1.83 bits per heavy atom. The fourth-order valence-corrected chi connectivity index (χ4v) is 1.99. The topological polar surface area (TPSA) is 0 Å². The minimum absolute atomic E-state index is 0.0629. The number of benzene rings is 2. The van der Waals surface area contributed by atoms with Gasteiger partial charge in [-0.1, -0.05) is 30.3 Å². The molecular weight excluding hydrogens is 271 g/mol. The van der Waals surface area contributed by atoms with E-state index >= 15 is 0 Å². The smallest absolute Gasteiger partial charge is 0.198 e. The molecule has 0 aliphatic carbocycles. The molecule has 0 aliphatic heterocycles. The predicted molar refractivity (Wildman–Crippen MR) is 58.7 cm³/mol. The highest BCUT2D eigenvalue weighted by molar-refractivity contribution is 7.94. The van der Waals surface area contributed by atoms with Crippen LogP contribution in [-0.4, -0.2) is 0 Å². The molecule has 0 bridgehead atoms. The van der Waals surface area contributed by atoms with Crippen molar-refractivity contribution in [3.63, 3.8) is 0 Å². The summed E-state index contributed by atoms with van der Waals surface area (Å²) in [5.74, 6) is -7.32. The van der Waals surface area contributed by atoms with Crippen LogP contribution in [0.1, 0.15) is 0 Å². The van der Waals surface area contributed by atoms with Gasteiger partial charge in [-0.05, 0) is 5.56 Å². The highest BCUT2D eigenvalue weighted by Gasteiger charge is 2.26. The standard InChI is InChI=1S/C12H5F5S/c13-8-7(6-4-2-1-3-5-6)12(18-17)11(16)10(15)9(8)14/h1-5H. The maximum atomic E-state index is 13.6. The zero-order valence-electron chi connectivity index (χ0n) is 8.68. The highest BCUT2D eigenvalue weighted by Crippen LogP contribution is 2.38. The van der Waals surface area contributed by atoms with Gasteiger partial charge in [0.2, 0.25) is 0 Å². The monoisotopic (exact) mass is 276 g/mol. The molecule has 0 aliphatic rings. The van der Waals surface area contributed by atoms with E-state index in [-0.39, 0.29) is 5.56 Å². The van der Waals surface area contributed by atoms with Gasteiger partial charge in [0, 0.05) is 5.56 Å². The molecule has 0 saturated heterocycles. The molecule has 94 valence electrons. The average molecular weight is 276 g/mol. The van der Waals surface area contributed by atoms with Gasteiger partial charge in [0.05, 0.1) is 17.0 Å². The van der Waals surface area contributed by atoms with E-state index in [0.717, 1.165) is 0 Å². The molecule has 0 saturated carbocycles. The van der Waals surface area contributed by atoms with Crippen LogP contribution >= 0.6 is 12.1 Å². The van der Waals surface area contributed by atoms with Crippen LogP contribution in [0, 0.1) is 23.3 Å². The Balaban J connectivity index is 2.82. The van der Waals surface area contributed by atoms with Crippen LogP contribution < -0.4 is 0 Å². The van der Waals surface area contributed by atoms with E-state index in [1.807, 2.05) is 0 Å². The molecule has 0 amide bonds. The van der Waals surface area contributed by atoms with Crippen molar-refractivity contribution in [3.05, 3.63) is 53.6 Å². The molecule has 0 fully saturated rings. The second-order valence-electron chi connectivity index (χ2n) is 3.40. The van der Waals surface area contributed by atoms with Crippen molar-refractivity contribution in [1.29, 1.82) is 0 Å². The maximum Gasteiger partial charge on any atom is 0.198 e. The zero-order valence-corrected chi connectivity index (χ0v) is 9.50. The number of halogens is 5. The number of rotatable bonds is 2. The lowest BCUT2D eigenvalue weighted by atomic mass is 10.0. The van der Waals surface area contributed by atoms with E-state index in [1.54, 1.807) is 6.07 Å². The Morgan fingerprint density at radius 2 is 1.28 bits per heavy atom. The van der Waals surface area contributed by atoms with E-state index < -0.39 is 45.9 Å². The lowest BCUT2D eigenvalue weighted by Gasteiger charge is -2.10. The molecule has 18 heavy (non-hydrogen) atoms. The Bertz CT molecular complexity index is 583. The summed E-state index contributed by atoms with van der Waals surface area (Å²) in [6, 6.07) is 7.25. The van der Waals surface area contributed by atoms with Crippen LogP contribution in [-0.2, 0) is 0 Å². The zero-order chi connectivity index (χ0) is 13.3. The van der Waals surface area contributed by atoms with Gasteiger partial charge in [-0.25, -0.2) is 17.6 Å². The Morgan fingerprint density at radius 1 is 0.722 bits per heavy atom. The Hall–Kier alpha value is -1.56. The van der Waals surface area contributed by atoms with Gasteiger partial charge in [0.1, 0.15) is 0 Å². The molecule has 0 spiro atoms. The summed E-state index contributed by atoms with van der Waals surface area (Å²) >= 11 is -0.668. The first kappa shape index (κ1) is 12.9. The molecule has 0 aromatic heterocycles. The van der Waals surface area contributed by atoms with E-state index in [9.17, 15) is 21.4 Å². The van der Waals surface area contributed by atoms with E-state index in [0.29, 0.717) is 0 Å². The fourth-order valence-electron chi connectivity index (χ4n) is 1.55. The quantitative estimate of drug-likeness (QED) is 0.427. The lowest BCUT2D eigenvalue weighted by Crippen LogP contribution is -2.01. The van der Waals surface area contributed by atoms with Gasteiger partial charge in [-0.2, -0.15) is 3.89 Å². The van der Waals surface area contributed by atoms with Gasteiger partial charge in [-0.15, -0.1) is 0 Å². The molecule has 2 aromatic carbocycles. The molecule has 0 radical (unpaired) electrons. The maximum absolute atomic E-state index is 13.6. The van der Waals surface area contributed by atoms with E-state index in [1.165, 1.54) is 24.3 Å². The van der Waals surface area contributed by atoms with Crippen molar-refractivity contribution in [3.8, 4) is 11.1 Å². The first-order chi connectivity index (χ1) is 8.57. The first-order valence-corrected chi connectivity index (χ1v) is 5.49. The lowest BCUT2D eigenvalue weighted by molar-refractivity contribution is 0.400. The van der Waals surface area contributed by atoms with Crippen LogP contribution in [0.2, 0.25) is 0 Å². The summed E-state index contributed by atoms with van der Waals surface area (Å²) < 4.78 is 65.7. The third kappa shape index (κ3) is 1.96. The first-order valence-electron chi connectivity index (χ1n) is 4.78. The summed E-state index contributed by atoms with van der Waals surface area (Å²) in [7, 11) is 0. The number of hydrogen-bond donors (Lipinski definition) is 0. The van der Waals surface area contributed by atoms with Crippen molar-refractivity contribution in [2.45, 2.75) is 4.90 Å². The molecule has 0 heterocycles. The third-order valence-electron chi connectivity index (χ3n) is 2.36. The largest absolute Gasteiger partial charge is 0.203 e. The SMILES string of the molecule is FSc1c(F)c(F)c(F)c(F)c1-c1ccccc1. The van der Waals surface area contributed by atoms with Crippen LogP contribution in [0.4, 0.5) is 21.4 Å². The van der Waals surface area contributed by atoms with Gasteiger partial charge in [0.25, 0.3) is 0 Å². The van der Waals surface area contributed by atoms with Crippen LogP contribution in [0.3, 0.4) is 0 Å². The summed E-state index contributed by atoms with van der Waals surface area (Å²) in [5, 5.41) is 0. The molecule has 6 heteroatoms. The van der Waals surface area contributed by atoms with Crippen LogP contribution in [0.25, 0.3) is 11.1 Å². The highest BCUT2D eigenvalue weighted by atomic mass is 32.2.